The van der Waals surface area contributed by atoms with Crippen LogP contribution in [0.2, 0.25) is 0 Å². The van der Waals surface area contributed by atoms with E-state index in [-0.39, 0.29) is 0 Å². The Morgan fingerprint density at radius 3 is 2.52 bits per heavy atom. The highest BCUT2D eigenvalue weighted by Gasteiger charge is 2.31. The minimum Gasteiger partial charge on any atom is -0.381 e. The summed E-state index contributed by atoms with van der Waals surface area (Å²) in [5, 5.41) is 3.87. The predicted octanol–water partition coefficient (Wildman–Crippen LogP) is 3.05. The molecule has 2 heterocycles. The van der Waals surface area contributed by atoms with Crippen molar-refractivity contribution in [1.82, 2.24) is 10.2 Å². The van der Waals surface area contributed by atoms with Gasteiger partial charge in [-0.3, -0.25) is 4.90 Å². The van der Waals surface area contributed by atoms with Gasteiger partial charge >= 0.3 is 0 Å². The lowest BCUT2D eigenvalue weighted by Crippen LogP contribution is -2.48. The molecule has 2 atom stereocenters. The molecule has 3 aliphatic rings. The molecule has 2 saturated heterocycles. The molecule has 0 spiro atoms. The van der Waals surface area contributed by atoms with Crippen molar-refractivity contribution in [2.75, 3.05) is 32.8 Å². The maximum Gasteiger partial charge on any atom is 0.0469 e. The first-order valence-corrected chi connectivity index (χ1v) is 9.40. The normalized spacial score (nSPS) is 32.7. The number of ether oxygens (including phenoxy) is 1. The molecular weight excluding hydrogens is 260 g/mol. The van der Waals surface area contributed by atoms with Gasteiger partial charge in [0.15, 0.2) is 0 Å². The zero-order valence-corrected chi connectivity index (χ0v) is 13.9. The van der Waals surface area contributed by atoms with Crippen LogP contribution in [0.1, 0.15) is 58.3 Å². The van der Waals surface area contributed by atoms with E-state index in [1.165, 1.54) is 71.0 Å². The van der Waals surface area contributed by atoms with Gasteiger partial charge in [0.1, 0.15) is 0 Å². The molecule has 3 fully saturated rings. The van der Waals surface area contributed by atoms with Crippen molar-refractivity contribution in [2.45, 2.75) is 70.4 Å². The van der Waals surface area contributed by atoms with Crippen LogP contribution in [0.15, 0.2) is 0 Å². The summed E-state index contributed by atoms with van der Waals surface area (Å²) in [5.41, 5.74) is 0. The first-order chi connectivity index (χ1) is 10.3. The predicted molar refractivity (Wildman–Crippen MR) is 87.6 cm³/mol. The molecule has 0 aromatic heterocycles. The molecule has 1 aliphatic carbocycles. The molecule has 3 rings (SSSR count). The molecule has 122 valence electrons. The topological polar surface area (TPSA) is 24.5 Å². The molecule has 3 heteroatoms. The number of hydrogen-bond donors (Lipinski definition) is 1. The van der Waals surface area contributed by atoms with Crippen LogP contribution in [0.25, 0.3) is 0 Å². The maximum atomic E-state index is 5.55. The average Bonchev–Trinajstić information content (AvgIpc) is 2.82. The SMILES string of the molecule is CC(C1CCOCC1)N1CCCNC(C2CCCCC2)C1. The summed E-state index contributed by atoms with van der Waals surface area (Å²) in [6.07, 6.45) is 11.1. The van der Waals surface area contributed by atoms with Gasteiger partial charge in [0.2, 0.25) is 0 Å². The highest BCUT2D eigenvalue weighted by Crippen LogP contribution is 2.29. The fourth-order valence-corrected chi connectivity index (χ4v) is 4.70. The lowest BCUT2D eigenvalue weighted by atomic mass is 9.83. The summed E-state index contributed by atoms with van der Waals surface area (Å²) < 4.78 is 5.55. The third kappa shape index (κ3) is 4.20. The monoisotopic (exact) mass is 294 g/mol. The molecular formula is C18H34N2O. The quantitative estimate of drug-likeness (QED) is 0.866. The van der Waals surface area contributed by atoms with Crippen LogP contribution >= 0.6 is 0 Å². The lowest BCUT2D eigenvalue weighted by molar-refractivity contribution is 0.0277. The number of nitrogens with one attached hydrogen (secondary N) is 1. The Labute approximate surface area is 130 Å². The molecule has 0 bridgehead atoms. The Kier molecular flexibility index (Phi) is 5.96. The second-order valence-corrected chi connectivity index (χ2v) is 7.50. The second-order valence-electron chi connectivity index (χ2n) is 7.50. The summed E-state index contributed by atoms with van der Waals surface area (Å²) in [6, 6.07) is 1.48. The summed E-state index contributed by atoms with van der Waals surface area (Å²) >= 11 is 0. The molecule has 0 aromatic carbocycles. The molecule has 0 amide bonds. The number of rotatable bonds is 3. The van der Waals surface area contributed by atoms with E-state index in [2.05, 4.69) is 17.1 Å². The van der Waals surface area contributed by atoms with Crippen molar-refractivity contribution >= 4 is 0 Å². The minimum absolute atomic E-state index is 0.736. The minimum atomic E-state index is 0.736. The van der Waals surface area contributed by atoms with Crippen LogP contribution in [0, 0.1) is 11.8 Å². The Morgan fingerprint density at radius 1 is 1.00 bits per heavy atom. The van der Waals surface area contributed by atoms with Crippen LogP contribution in [0.3, 0.4) is 0 Å². The fraction of sp³-hybridized carbons (Fsp3) is 1.00. The molecule has 1 N–H and O–H groups in total. The third-order valence-electron chi connectivity index (χ3n) is 6.20. The van der Waals surface area contributed by atoms with Gasteiger partial charge in [-0.15, -0.1) is 0 Å². The fourth-order valence-electron chi connectivity index (χ4n) is 4.70. The molecule has 0 radical (unpaired) electrons. The number of hydrogen-bond acceptors (Lipinski definition) is 3. The van der Waals surface area contributed by atoms with Crippen molar-refractivity contribution in [3.8, 4) is 0 Å². The van der Waals surface area contributed by atoms with E-state index >= 15 is 0 Å². The largest absolute Gasteiger partial charge is 0.381 e. The maximum absolute atomic E-state index is 5.55. The summed E-state index contributed by atoms with van der Waals surface area (Å²) in [5.74, 6) is 1.78. The Morgan fingerprint density at radius 2 is 1.76 bits per heavy atom. The van der Waals surface area contributed by atoms with E-state index in [1.54, 1.807) is 0 Å². The summed E-state index contributed by atoms with van der Waals surface area (Å²) in [6.45, 7) is 8.22. The smallest absolute Gasteiger partial charge is 0.0469 e. The first kappa shape index (κ1) is 15.8. The van der Waals surface area contributed by atoms with Crippen LogP contribution in [-0.4, -0.2) is 49.8 Å². The summed E-state index contributed by atoms with van der Waals surface area (Å²) in [4.78, 5) is 2.80. The standard InChI is InChI=1S/C18H34N2O/c1-15(16-8-12-21-13-9-16)20-11-5-10-19-18(14-20)17-6-3-2-4-7-17/h15-19H,2-14H2,1H3. The van der Waals surface area contributed by atoms with Crippen molar-refractivity contribution in [2.24, 2.45) is 11.8 Å². The highest BCUT2D eigenvalue weighted by atomic mass is 16.5. The van der Waals surface area contributed by atoms with E-state index < -0.39 is 0 Å². The zero-order chi connectivity index (χ0) is 14.5. The van der Waals surface area contributed by atoms with Crippen molar-refractivity contribution in [1.29, 1.82) is 0 Å². The van der Waals surface area contributed by atoms with E-state index in [4.69, 9.17) is 4.74 Å². The summed E-state index contributed by atoms with van der Waals surface area (Å²) in [7, 11) is 0. The van der Waals surface area contributed by atoms with Crippen LogP contribution in [0.4, 0.5) is 0 Å². The molecule has 2 aliphatic heterocycles. The van der Waals surface area contributed by atoms with Gasteiger partial charge in [0.05, 0.1) is 0 Å². The van der Waals surface area contributed by atoms with Gasteiger partial charge in [0.25, 0.3) is 0 Å². The molecule has 3 nitrogen and oxygen atoms in total. The van der Waals surface area contributed by atoms with Crippen molar-refractivity contribution in [3.63, 3.8) is 0 Å². The first-order valence-electron chi connectivity index (χ1n) is 9.40. The third-order valence-corrected chi connectivity index (χ3v) is 6.20. The lowest BCUT2D eigenvalue weighted by Gasteiger charge is -2.39. The van der Waals surface area contributed by atoms with E-state index in [1.807, 2.05) is 0 Å². The van der Waals surface area contributed by atoms with E-state index in [0.29, 0.717) is 0 Å². The van der Waals surface area contributed by atoms with Crippen molar-refractivity contribution in [3.05, 3.63) is 0 Å². The van der Waals surface area contributed by atoms with Gasteiger partial charge in [-0.05, 0) is 64.0 Å². The van der Waals surface area contributed by atoms with Crippen LogP contribution < -0.4 is 5.32 Å². The van der Waals surface area contributed by atoms with Crippen LogP contribution in [0.5, 0.6) is 0 Å². The average molecular weight is 294 g/mol. The van der Waals surface area contributed by atoms with Gasteiger partial charge in [0, 0.05) is 31.8 Å². The Hall–Kier alpha value is -0.120. The van der Waals surface area contributed by atoms with Gasteiger partial charge in [-0.1, -0.05) is 19.3 Å². The zero-order valence-electron chi connectivity index (χ0n) is 13.9. The van der Waals surface area contributed by atoms with Crippen molar-refractivity contribution < 1.29 is 4.74 Å². The molecule has 0 aromatic rings. The Balaban J connectivity index is 1.58. The van der Waals surface area contributed by atoms with E-state index in [9.17, 15) is 0 Å². The van der Waals surface area contributed by atoms with Gasteiger partial charge < -0.3 is 10.1 Å². The molecule has 1 saturated carbocycles. The van der Waals surface area contributed by atoms with Gasteiger partial charge in [-0.2, -0.15) is 0 Å². The molecule has 2 unspecified atom stereocenters. The van der Waals surface area contributed by atoms with Crippen LogP contribution in [-0.2, 0) is 4.74 Å². The Bertz CT molecular complexity index is 298. The van der Waals surface area contributed by atoms with Gasteiger partial charge in [-0.25, -0.2) is 0 Å². The highest BCUT2D eigenvalue weighted by molar-refractivity contribution is 4.88. The molecule has 21 heavy (non-hydrogen) atoms. The van der Waals surface area contributed by atoms with E-state index in [0.717, 1.165) is 37.1 Å². The number of nitrogens with zero attached hydrogens (tertiary/aromatic N) is 1. The second kappa shape index (κ2) is 7.94.